The van der Waals surface area contributed by atoms with Crippen molar-refractivity contribution in [2.24, 2.45) is 0 Å². The van der Waals surface area contributed by atoms with E-state index in [2.05, 4.69) is 26.1 Å². The summed E-state index contributed by atoms with van der Waals surface area (Å²) in [6.45, 7) is 2.72. The topological polar surface area (TPSA) is 59.2 Å². The summed E-state index contributed by atoms with van der Waals surface area (Å²) in [5.41, 5.74) is 2.73. The van der Waals surface area contributed by atoms with Gasteiger partial charge in [0.2, 0.25) is 11.7 Å². The van der Waals surface area contributed by atoms with Crippen LogP contribution in [-0.2, 0) is 0 Å². The van der Waals surface area contributed by atoms with Gasteiger partial charge < -0.3 is 9.42 Å². The number of carbonyl (C=O) groups is 1. The van der Waals surface area contributed by atoms with E-state index in [9.17, 15) is 4.79 Å². The van der Waals surface area contributed by atoms with Gasteiger partial charge >= 0.3 is 0 Å². The zero-order valence-corrected chi connectivity index (χ0v) is 15.9. The summed E-state index contributed by atoms with van der Waals surface area (Å²) in [6, 6.07) is 15.2. The highest BCUT2D eigenvalue weighted by molar-refractivity contribution is 9.10. The molecule has 1 atom stereocenters. The molecular weight excluding hydrogens is 394 g/mol. The van der Waals surface area contributed by atoms with Gasteiger partial charge in [0, 0.05) is 22.1 Å². The van der Waals surface area contributed by atoms with Gasteiger partial charge in [0.1, 0.15) is 6.04 Å². The molecule has 5 nitrogen and oxygen atoms in total. The predicted octanol–water partition coefficient (Wildman–Crippen LogP) is 4.78. The van der Waals surface area contributed by atoms with Crippen LogP contribution in [-0.4, -0.2) is 27.5 Å². The van der Waals surface area contributed by atoms with Crippen molar-refractivity contribution in [1.82, 2.24) is 15.0 Å². The number of aryl methyl sites for hydroxylation is 1. The molecule has 132 valence electrons. The molecule has 1 unspecified atom stereocenters. The third-order valence-electron chi connectivity index (χ3n) is 4.61. The van der Waals surface area contributed by atoms with Crippen molar-refractivity contribution >= 4 is 21.8 Å². The predicted molar refractivity (Wildman–Crippen MR) is 102 cm³/mol. The monoisotopic (exact) mass is 411 g/mol. The molecule has 0 aliphatic carbocycles. The van der Waals surface area contributed by atoms with Gasteiger partial charge in [-0.2, -0.15) is 4.98 Å². The van der Waals surface area contributed by atoms with E-state index < -0.39 is 0 Å². The van der Waals surface area contributed by atoms with Crippen LogP contribution < -0.4 is 0 Å². The molecule has 2 heterocycles. The number of amides is 1. The summed E-state index contributed by atoms with van der Waals surface area (Å²) >= 11 is 3.40. The smallest absolute Gasteiger partial charge is 0.254 e. The third-order valence-corrected chi connectivity index (χ3v) is 5.14. The molecular formula is C20H18BrN3O2. The number of aromatic nitrogens is 2. The maximum atomic E-state index is 12.9. The van der Waals surface area contributed by atoms with Crippen LogP contribution >= 0.6 is 15.9 Å². The SMILES string of the molecule is Cc1cccc(-c2noc(C3CCCN3C(=O)c3ccc(Br)cc3)n2)c1. The normalized spacial score (nSPS) is 16.8. The molecule has 1 aromatic heterocycles. The number of benzene rings is 2. The summed E-state index contributed by atoms with van der Waals surface area (Å²) in [5, 5.41) is 4.12. The summed E-state index contributed by atoms with van der Waals surface area (Å²) < 4.78 is 6.47. The van der Waals surface area contributed by atoms with E-state index in [1.165, 1.54) is 0 Å². The highest BCUT2D eigenvalue weighted by Crippen LogP contribution is 2.33. The summed E-state index contributed by atoms with van der Waals surface area (Å²) in [6.07, 6.45) is 1.76. The zero-order valence-electron chi connectivity index (χ0n) is 14.4. The highest BCUT2D eigenvalue weighted by atomic mass is 79.9. The lowest BCUT2D eigenvalue weighted by molar-refractivity contribution is 0.0710. The largest absolute Gasteiger partial charge is 0.337 e. The van der Waals surface area contributed by atoms with Crippen LogP contribution in [0.25, 0.3) is 11.4 Å². The van der Waals surface area contributed by atoms with Gasteiger partial charge in [-0.1, -0.05) is 44.8 Å². The molecule has 0 N–H and O–H groups in total. The molecule has 1 aliphatic rings. The second-order valence-electron chi connectivity index (χ2n) is 6.49. The number of rotatable bonds is 3. The lowest BCUT2D eigenvalue weighted by Crippen LogP contribution is -2.30. The maximum absolute atomic E-state index is 12.9. The number of halogens is 1. The van der Waals surface area contributed by atoms with E-state index in [-0.39, 0.29) is 11.9 Å². The Kier molecular flexibility index (Phi) is 4.59. The molecule has 4 rings (SSSR count). The van der Waals surface area contributed by atoms with Crippen LogP contribution in [0.15, 0.2) is 57.5 Å². The van der Waals surface area contributed by atoms with Crippen LogP contribution in [0.1, 0.15) is 40.7 Å². The molecule has 3 aromatic rings. The van der Waals surface area contributed by atoms with E-state index in [4.69, 9.17) is 4.52 Å². The number of carbonyl (C=O) groups excluding carboxylic acids is 1. The van der Waals surface area contributed by atoms with E-state index in [1.54, 1.807) is 0 Å². The number of hydrogen-bond donors (Lipinski definition) is 0. The number of nitrogens with zero attached hydrogens (tertiary/aromatic N) is 3. The molecule has 1 fully saturated rings. The van der Waals surface area contributed by atoms with E-state index in [1.807, 2.05) is 60.4 Å². The minimum absolute atomic E-state index is 0.00435. The highest BCUT2D eigenvalue weighted by Gasteiger charge is 2.34. The lowest BCUT2D eigenvalue weighted by atomic mass is 10.1. The first-order valence-corrected chi connectivity index (χ1v) is 9.38. The maximum Gasteiger partial charge on any atom is 0.254 e. The third kappa shape index (κ3) is 3.29. The molecule has 26 heavy (non-hydrogen) atoms. The zero-order chi connectivity index (χ0) is 18.1. The van der Waals surface area contributed by atoms with Crippen LogP contribution in [0.5, 0.6) is 0 Å². The van der Waals surface area contributed by atoms with Crippen LogP contribution in [0.2, 0.25) is 0 Å². The Bertz CT molecular complexity index is 936. The Morgan fingerprint density at radius 2 is 2.04 bits per heavy atom. The first-order valence-electron chi connectivity index (χ1n) is 8.59. The van der Waals surface area contributed by atoms with Gasteiger partial charge in [0.15, 0.2) is 0 Å². The average Bonchev–Trinajstić information content (AvgIpc) is 3.31. The van der Waals surface area contributed by atoms with Crippen LogP contribution in [0, 0.1) is 6.92 Å². The van der Waals surface area contributed by atoms with Crippen molar-refractivity contribution in [2.45, 2.75) is 25.8 Å². The second kappa shape index (κ2) is 7.03. The van der Waals surface area contributed by atoms with Crippen molar-refractivity contribution in [2.75, 3.05) is 6.54 Å². The molecule has 0 saturated carbocycles. The Morgan fingerprint density at radius 1 is 1.23 bits per heavy atom. The molecule has 1 saturated heterocycles. The molecule has 0 spiro atoms. The first kappa shape index (κ1) is 17.0. The van der Waals surface area contributed by atoms with E-state index >= 15 is 0 Å². The second-order valence-corrected chi connectivity index (χ2v) is 7.40. The van der Waals surface area contributed by atoms with Crippen LogP contribution in [0.4, 0.5) is 0 Å². The van der Waals surface area contributed by atoms with Gasteiger partial charge in [-0.15, -0.1) is 0 Å². The molecule has 6 heteroatoms. The van der Waals surface area contributed by atoms with E-state index in [0.717, 1.165) is 28.4 Å². The first-order chi connectivity index (χ1) is 12.6. The van der Waals surface area contributed by atoms with E-state index in [0.29, 0.717) is 23.8 Å². The van der Waals surface area contributed by atoms with Gasteiger partial charge in [-0.25, -0.2) is 0 Å². The minimum Gasteiger partial charge on any atom is -0.337 e. The fraction of sp³-hybridized carbons (Fsp3) is 0.250. The Morgan fingerprint density at radius 3 is 2.81 bits per heavy atom. The van der Waals surface area contributed by atoms with Crippen LogP contribution in [0.3, 0.4) is 0 Å². The van der Waals surface area contributed by atoms with Crippen molar-refractivity contribution in [1.29, 1.82) is 0 Å². The standard InChI is InChI=1S/C20H18BrN3O2/c1-13-4-2-5-15(12-13)18-22-19(26-23-18)17-6-3-11-24(17)20(25)14-7-9-16(21)10-8-14/h2,4-5,7-10,12,17H,3,6,11H2,1H3. The van der Waals surface area contributed by atoms with Crippen molar-refractivity contribution < 1.29 is 9.32 Å². The Hall–Kier alpha value is -2.47. The quantitative estimate of drug-likeness (QED) is 0.621. The van der Waals surface area contributed by atoms with Crippen molar-refractivity contribution in [3.8, 4) is 11.4 Å². The fourth-order valence-corrected chi connectivity index (χ4v) is 3.56. The summed E-state index contributed by atoms with van der Waals surface area (Å²) in [4.78, 5) is 19.3. The van der Waals surface area contributed by atoms with Crippen molar-refractivity contribution in [3.05, 3.63) is 70.0 Å². The van der Waals surface area contributed by atoms with Gasteiger partial charge in [0.05, 0.1) is 0 Å². The van der Waals surface area contributed by atoms with Crippen molar-refractivity contribution in [3.63, 3.8) is 0 Å². The molecule has 2 aromatic carbocycles. The fourth-order valence-electron chi connectivity index (χ4n) is 3.30. The summed E-state index contributed by atoms with van der Waals surface area (Å²) in [5.74, 6) is 1.06. The number of hydrogen-bond acceptors (Lipinski definition) is 4. The minimum atomic E-state index is -0.169. The molecule has 0 bridgehead atoms. The number of likely N-dealkylation sites (tertiary alicyclic amines) is 1. The molecule has 1 amide bonds. The lowest BCUT2D eigenvalue weighted by Gasteiger charge is -2.21. The summed E-state index contributed by atoms with van der Waals surface area (Å²) in [7, 11) is 0. The Balaban J connectivity index is 1.59. The molecule has 1 aliphatic heterocycles. The van der Waals surface area contributed by atoms with Gasteiger partial charge in [-0.3, -0.25) is 4.79 Å². The van der Waals surface area contributed by atoms with Gasteiger partial charge in [-0.05, 0) is 50.1 Å². The Labute approximate surface area is 160 Å². The molecule has 0 radical (unpaired) electrons. The van der Waals surface area contributed by atoms with Gasteiger partial charge in [0.25, 0.3) is 5.91 Å². The average molecular weight is 412 g/mol.